The van der Waals surface area contributed by atoms with Crippen molar-refractivity contribution in [1.82, 2.24) is 19.5 Å². The zero-order valence-electron chi connectivity index (χ0n) is 10.2. The molecule has 8 nitrogen and oxygen atoms in total. The van der Waals surface area contributed by atoms with Gasteiger partial charge in [0.25, 0.3) is 0 Å². The Morgan fingerprint density at radius 1 is 1.33 bits per heavy atom. The van der Waals surface area contributed by atoms with Gasteiger partial charge in [0.1, 0.15) is 5.52 Å². The predicted octanol–water partition coefficient (Wildman–Crippen LogP) is -0.614. The number of hydrogen-bond donors (Lipinski definition) is 2. The molecule has 18 heavy (non-hydrogen) atoms. The van der Waals surface area contributed by atoms with Crippen molar-refractivity contribution in [3.63, 3.8) is 0 Å². The van der Waals surface area contributed by atoms with Crippen LogP contribution in [0.15, 0.2) is 9.59 Å². The summed E-state index contributed by atoms with van der Waals surface area (Å²) in [6.45, 7) is 3.62. The Kier molecular flexibility index (Phi) is 2.77. The first-order valence-corrected chi connectivity index (χ1v) is 5.33. The van der Waals surface area contributed by atoms with Gasteiger partial charge in [-0.1, -0.05) is 0 Å². The second-order valence-electron chi connectivity index (χ2n) is 4.07. The Bertz CT molecular complexity index is 716. The third-order valence-corrected chi connectivity index (χ3v) is 2.28. The number of nitrogens with one attached hydrogen (secondary N) is 1. The third-order valence-electron chi connectivity index (χ3n) is 2.28. The molecule has 2 heterocycles. The predicted molar refractivity (Wildman–Crippen MR) is 65.6 cm³/mol. The van der Waals surface area contributed by atoms with Crippen LogP contribution in [0.25, 0.3) is 11.2 Å². The highest BCUT2D eigenvalue weighted by molar-refractivity contribution is 5.76. The minimum absolute atomic E-state index is 0.0276. The molecular formula is C10H13N5O3. The number of anilines is 1. The van der Waals surface area contributed by atoms with E-state index in [1.165, 1.54) is 7.05 Å². The number of aromatic amines is 1. The number of nitrogens with zero attached hydrogens (tertiary/aromatic N) is 3. The molecule has 0 fully saturated rings. The summed E-state index contributed by atoms with van der Waals surface area (Å²) in [5, 5.41) is 0. The van der Waals surface area contributed by atoms with Gasteiger partial charge in [0, 0.05) is 7.05 Å². The van der Waals surface area contributed by atoms with E-state index >= 15 is 0 Å². The van der Waals surface area contributed by atoms with Gasteiger partial charge in [-0.3, -0.25) is 14.2 Å². The molecule has 3 N–H and O–H groups in total. The van der Waals surface area contributed by atoms with Crippen LogP contribution in [0, 0.1) is 0 Å². The van der Waals surface area contributed by atoms with Crippen molar-refractivity contribution in [1.29, 1.82) is 0 Å². The lowest BCUT2D eigenvalue weighted by Gasteiger charge is -2.12. The van der Waals surface area contributed by atoms with Crippen LogP contribution >= 0.6 is 0 Å². The largest absolute Gasteiger partial charge is 0.473 e. The van der Waals surface area contributed by atoms with Crippen molar-refractivity contribution in [3.05, 3.63) is 20.7 Å². The highest BCUT2D eigenvalue weighted by atomic mass is 16.5. The first-order valence-electron chi connectivity index (χ1n) is 5.33. The van der Waals surface area contributed by atoms with Crippen LogP contribution in [0.2, 0.25) is 0 Å². The number of ether oxygens (including phenoxy) is 1. The lowest BCUT2D eigenvalue weighted by molar-refractivity contribution is 0.235. The van der Waals surface area contributed by atoms with E-state index in [-0.39, 0.29) is 29.1 Å². The molecule has 0 atom stereocenters. The molecule has 0 aromatic carbocycles. The van der Waals surface area contributed by atoms with Gasteiger partial charge in [0.05, 0.1) is 6.10 Å². The van der Waals surface area contributed by atoms with Crippen molar-refractivity contribution in [2.45, 2.75) is 20.0 Å². The SMILES string of the molecule is CC(C)Oc1nc(N)nc2c1[nH]c(=O)c(=O)n2C. The molecule has 0 spiro atoms. The maximum absolute atomic E-state index is 11.5. The average molecular weight is 251 g/mol. The summed E-state index contributed by atoms with van der Waals surface area (Å²) in [6, 6.07) is 0. The fraction of sp³-hybridized carbons (Fsp3) is 0.400. The molecular weight excluding hydrogens is 238 g/mol. The molecule has 0 amide bonds. The van der Waals surface area contributed by atoms with Crippen molar-refractivity contribution < 1.29 is 4.74 Å². The van der Waals surface area contributed by atoms with Crippen molar-refractivity contribution in [2.75, 3.05) is 5.73 Å². The quantitative estimate of drug-likeness (QED) is 0.687. The summed E-state index contributed by atoms with van der Waals surface area (Å²) in [4.78, 5) is 33.2. The van der Waals surface area contributed by atoms with Gasteiger partial charge in [-0.15, -0.1) is 0 Å². The normalized spacial score (nSPS) is 11.1. The van der Waals surface area contributed by atoms with Crippen molar-refractivity contribution >= 4 is 17.1 Å². The average Bonchev–Trinajstić information content (AvgIpc) is 2.27. The number of nitrogens with two attached hydrogens (primary N) is 1. The van der Waals surface area contributed by atoms with E-state index in [1.54, 1.807) is 0 Å². The molecule has 0 radical (unpaired) electrons. The number of hydrogen-bond acceptors (Lipinski definition) is 6. The summed E-state index contributed by atoms with van der Waals surface area (Å²) in [7, 11) is 1.44. The van der Waals surface area contributed by atoms with Gasteiger partial charge in [-0.05, 0) is 13.8 Å². The summed E-state index contributed by atoms with van der Waals surface area (Å²) in [5.41, 5.74) is 4.56. The monoisotopic (exact) mass is 251 g/mol. The highest BCUT2D eigenvalue weighted by Crippen LogP contribution is 2.19. The fourth-order valence-electron chi connectivity index (χ4n) is 1.52. The van der Waals surface area contributed by atoms with E-state index in [9.17, 15) is 9.59 Å². The van der Waals surface area contributed by atoms with Crippen molar-refractivity contribution in [3.8, 4) is 5.88 Å². The summed E-state index contributed by atoms with van der Waals surface area (Å²) in [6.07, 6.45) is -0.150. The summed E-state index contributed by atoms with van der Waals surface area (Å²) in [5.74, 6) is 0.125. The smallest absolute Gasteiger partial charge is 0.317 e. The van der Waals surface area contributed by atoms with Gasteiger partial charge in [-0.25, -0.2) is 0 Å². The minimum Gasteiger partial charge on any atom is -0.473 e. The molecule has 0 aliphatic carbocycles. The molecule has 0 saturated heterocycles. The lowest BCUT2D eigenvalue weighted by atomic mass is 10.4. The zero-order valence-corrected chi connectivity index (χ0v) is 10.2. The second-order valence-corrected chi connectivity index (χ2v) is 4.07. The maximum atomic E-state index is 11.5. The molecule has 96 valence electrons. The Labute approximate surface area is 101 Å². The standard InChI is InChI=1S/C10H13N5O3/c1-4(2)18-8-5-6(13-10(11)14-8)15(3)9(17)7(16)12-5/h4H,1-3H3,(H,12,16)(H2,11,13,14). The molecule has 0 aliphatic rings. The minimum atomic E-state index is -0.757. The Hall–Kier alpha value is -2.38. The highest BCUT2D eigenvalue weighted by Gasteiger charge is 2.14. The third kappa shape index (κ3) is 1.92. The fourth-order valence-corrected chi connectivity index (χ4v) is 1.52. The molecule has 0 unspecified atom stereocenters. The zero-order chi connectivity index (χ0) is 13.4. The van der Waals surface area contributed by atoms with E-state index in [0.29, 0.717) is 0 Å². The molecule has 0 bridgehead atoms. The van der Waals surface area contributed by atoms with Gasteiger partial charge >= 0.3 is 11.1 Å². The summed E-state index contributed by atoms with van der Waals surface area (Å²) >= 11 is 0. The van der Waals surface area contributed by atoms with Crippen LogP contribution in [-0.4, -0.2) is 25.6 Å². The number of rotatable bonds is 2. The van der Waals surface area contributed by atoms with E-state index in [4.69, 9.17) is 10.5 Å². The van der Waals surface area contributed by atoms with Crippen LogP contribution in [0.4, 0.5) is 5.95 Å². The molecule has 0 saturated carbocycles. The summed E-state index contributed by atoms with van der Waals surface area (Å²) < 4.78 is 6.55. The van der Waals surface area contributed by atoms with Crippen LogP contribution in [0.3, 0.4) is 0 Å². The van der Waals surface area contributed by atoms with Crippen LogP contribution in [0.1, 0.15) is 13.8 Å². The lowest BCUT2D eigenvalue weighted by Crippen LogP contribution is -2.35. The van der Waals surface area contributed by atoms with Gasteiger partial charge in [-0.2, -0.15) is 9.97 Å². The molecule has 8 heteroatoms. The second kappa shape index (κ2) is 4.13. The van der Waals surface area contributed by atoms with E-state index < -0.39 is 11.1 Å². The van der Waals surface area contributed by atoms with Crippen LogP contribution in [-0.2, 0) is 7.05 Å². The number of H-pyrrole nitrogens is 1. The number of aryl methyl sites for hydroxylation is 1. The van der Waals surface area contributed by atoms with Crippen molar-refractivity contribution in [2.24, 2.45) is 7.05 Å². The molecule has 2 aromatic rings. The Morgan fingerprint density at radius 2 is 2.00 bits per heavy atom. The molecule has 0 aliphatic heterocycles. The number of nitrogen functional groups attached to an aromatic ring is 1. The van der Waals surface area contributed by atoms with E-state index in [2.05, 4.69) is 15.0 Å². The first kappa shape index (κ1) is 12.1. The van der Waals surface area contributed by atoms with Gasteiger partial charge in [0.15, 0.2) is 5.65 Å². The molecule has 2 rings (SSSR count). The molecule has 2 aromatic heterocycles. The number of aromatic nitrogens is 4. The first-order chi connectivity index (χ1) is 8.40. The van der Waals surface area contributed by atoms with E-state index in [1.807, 2.05) is 13.8 Å². The number of fused-ring (bicyclic) bond motifs is 1. The Morgan fingerprint density at radius 3 is 2.61 bits per heavy atom. The Balaban J connectivity index is 2.88. The van der Waals surface area contributed by atoms with Crippen LogP contribution in [0.5, 0.6) is 5.88 Å². The van der Waals surface area contributed by atoms with E-state index in [0.717, 1.165) is 4.57 Å². The van der Waals surface area contributed by atoms with Crippen LogP contribution < -0.4 is 21.6 Å². The maximum Gasteiger partial charge on any atom is 0.317 e. The van der Waals surface area contributed by atoms with Gasteiger partial charge in [0.2, 0.25) is 11.8 Å². The topological polar surface area (TPSA) is 116 Å². The van der Waals surface area contributed by atoms with Gasteiger partial charge < -0.3 is 15.5 Å².